The van der Waals surface area contributed by atoms with E-state index < -0.39 is 60.2 Å². The van der Waals surface area contributed by atoms with Crippen molar-refractivity contribution in [3.05, 3.63) is 35.9 Å². The van der Waals surface area contributed by atoms with Crippen molar-refractivity contribution < 1.29 is 34.2 Å². The van der Waals surface area contributed by atoms with Crippen LogP contribution in [0, 0.1) is 11.8 Å². The highest BCUT2D eigenvalue weighted by atomic mass is 16.4. The largest absolute Gasteiger partial charge is 0.481 e. The monoisotopic (exact) mass is 520 g/mol. The summed E-state index contributed by atoms with van der Waals surface area (Å²) in [5.74, 6) is -4.30. The van der Waals surface area contributed by atoms with Gasteiger partial charge in [0.05, 0.1) is 6.04 Å². The highest BCUT2D eigenvalue weighted by molar-refractivity contribution is 5.94. The van der Waals surface area contributed by atoms with Crippen LogP contribution in [0.15, 0.2) is 30.3 Å². The average molecular weight is 521 g/mol. The fraction of sp³-hybridized carbons (Fsp3) is 0.577. The molecule has 0 bridgehead atoms. The van der Waals surface area contributed by atoms with Crippen LogP contribution >= 0.6 is 0 Å². The van der Waals surface area contributed by atoms with Gasteiger partial charge in [0, 0.05) is 12.8 Å². The van der Waals surface area contributed by atoms with Crippen molar-refractivity contribution in [3.63, 3.8) is 0 Å². The van der Waals surface area contributed by atoms with E-state index in [1.807, 2.05) is 27.7 Å². The second-order valence-electron chi connectivity index (χ2n) is 10.0. The van der Waals surface area contributed by atoms with E-state index in [1.54, 1.807) is 30.3 Å². The van der Waals surface area contributed by atoms with Crippen molar-refractivity contribution >= 4 is 29.7 Å². The molecular weight excluding hydrogens is 480 g/mol. The zero-order chi connectivity index (χ0) is 28.1. The van der Waals surface area contributed by atoms with Gasteiger partial charge in [-0.25, -0.2) is 4.79 Å². The maximum atomic E-state index is 13.1. The van der Waals surface area contributed by atoms with Crippen LogP contribution in [0.4, 0.5) is 0 Å². The van der Waals surface area contributed by atoms with Crippen molar-refractivity contribution in [1.29, 1.82) is 0 Å². The molecule has 11 nitrogen and oxygen atoms in total. The number of nitrogens with one attached hydrogen (secondary N) is 3. The first kappa shape index (κ1) is 31.6. The number of carboxylic acids is 2. The molecule has 0 heterocycles. The fourth-order valence-corrected chi connectivity index (χ4v) is 3.73. The van der Waals surface area contributed by atoms with Gasteiger partial charge in [-0.05, 0) is 36.7 Å². The summed E-state index contributed by atoms with van der Waals surface area (Å²) in [5, 5.41) is 26.3. The molecule has 37 heavy (non-hydrogen) atoms. The highest BCUT2D eigenvalue weighted by Gasteiger charge is 2.31. The third kappa shape index (κ3) is 12.4. The number of carbonyl (C=O) groups excluding carboxylic acids is 3. The summed E-state index contributed by atoms with van der Waals surface area (Å²) >= 11 is 0. The molecule has 1 rings (SSSR count). The molecule has 0 fully saturated rings. The molecular formula is C26H40N4O7. The Bertz CT molecular complexity index is 921. The van der Waals surface area contributed by atoms with Crippen LogP contribution < -0.4 is 21.7 Å². The Labute approximate surface area is 217 Å². The SMILES string of the molecule is CC(C)C[C@H](NC(=O)[C@@H](N)CC(C)C)C(=O)N[C@@H](CCC(=O)O)C(=O)N[C@@H](Cc1ccccc1)C(=O)O. The average Bonchev–Trinajstić information content (AvgIpc) is 2.80. The van der Waals surface area contributed by atoms with E-state index in [2.05, 4.69) is 16.0 Å². The third-order valence-corrected chi connectivity index (χ3v) is 5.58. The molecule has 1 aromatic carbocycles. The molecule has 0 saturated carbocycles. The number of hydrogen-bond acceptors (Lipinski definition) is 6. The molecule has 0 aromatic heterocycles. The first-order valence-corrected chi connectivity index (χ1v) is 12.4. The normalized spacial score (nSPS) is 14.4. The van der Waals surface area contributed by atoms with Crippen molar-refractivity contribution in [2.24, 2.45) is 17.6 Å². The molecule has 206 valence electrons. The second kappa shape index (κ2) is 15.6. The minimum atomic E-state index is -1.32. The minimum absolute atomic E-state index is 0.00127. The Kier molecular flexibility index (Phi) is 13.3. The Morgan fingerprint density at radius 2 is 1.27 bits per heavy atom. The fourth-order valence-electron chi connectivity index (χ4n) is 3.73. The number of aliphatic carboxylic acids is 2. The summed E-state index contributed by atoms with van der Waals surface area (Å²) in [6, 6.07) is 4.25. The molecule has 0 aliphatic carbocycles. The lowest BCUT2D eigenvalue weighted by atomic mass is 10.00. The molecule has 0 aliphatic heterocycles. The quantitative estimate of drug-likeness (QED) is 0.186. The van der Waals surface area contributed by atoms with E-state index in [4.69, 9.17) is 10.8 Å². The Balaban J connectivity index is 3.03. The van der Waals surface area contributed by atoms with Crippen molar-refractivity contribution in [2.75, 3.05) is 0 Å². The Hall–Kier alpha value is -3.47. The second-order valence-corrected chi connectivity index (χ2v) is 10.0. The maximum absolute atomic E-state index is 13.1. The molecule has 0 unspecified atom stereocenters. The molecule has 0 aliphatic rings. The van der Waals surface area contributed by atoms with Gasteiger partial charge in [-0.2, -0.15) is 0 Å². The van der Waals surface area contributed by atoms with E-state index in [0.29, 0.717) is 12.0 Å². The highest BCUT2D eigenvalue weighted by Crippen LogP contribution is 2.10. The zero-order valence-corrected chi connectivity index (χ0v) is 21.9. The maximum Gasteiger partial charge on any atom is 0.326 e. The topological polar surface area (TPSA) is 188 Å². The van der Waals surface area contributed by atoms with Gasteiger partial charge in [0.1, 0.15) is 18.1 Å². The molecule has 0 spiro atoms. The van der Waals surface area contributed by atoms with E-state index in [1.165, 1.54) is 0 Å². The number of nitrogens with two attached hydrogens (primary N) is 1. The van der Waals surface area contributed by atoms with Gasteiger partial charge in [0.25, 0.3) is 0 Å². The summed E-state index contributed by atoms with van der Waals surface area (Å²) < 4.78 is 0. The van der Waals surface area contributed by atoms with Gasteiger partial charge in [0.2, 0.25) is 17.7 Å². The number of rotatable bonds is 16. The summed E-state index contributed by atoms with van der Waals surface area (Å²) in [4.78, 5) is 61.6. The van der Waals surface area contributed by atoms with Crippen LogP contribution in [0.25, 0.3) is 0 Å². The van der Waals surface area contributed by atoms with E-state index in [-0.39, 0.29) is 31.1 Å². The number of benzene rings is 1. The summed E-state index contributed by atoms with van der Waals surface area (Å²) in [7, 11) is 0. The smallest absolute Gasteiger partial charge is 0.326 e. The number of amides is 3. The Morgan fingerprint density at radius 1 is 0.757 bits per heavy atom. The van der Waals surface area contributed by atoms with E-state index >= 15 is 0 Å². The van der Waals surface area contributed by atoms with Crippen LogP contribution in [0.5, 0.6) is 0 Å². The molecule has 11 heteroatoms. The molecule has 1 aromatic rings. The molecule has 7 N–H and O–H groups in total. The minimum Gasteiger partial charge on any atom is -0.481 e. The van der Waals surface area contributed by atoms with Gasteiger partial charge < -0.3 is 31.9 Å². The van der Waals surface area contributed by atoms with Crippen molar-refractivity contribution in [1.82, 2.24) is 16.0 Å². The molecule has 4 atom stereocenters. The first-order valence-electron chi connectivity index (χ1n) is 12.4. The third-order valence-electron chi connectivity index (χ3n) is 5.58. The lowest BCUT2D eigenvalue weighted by molar-refractivity contribution is -0.143. The predicted molar refractivity (Wildman–Crippen MR) is 137 cm³/mol. The van der Waals surface area contributed by atoms with E-state index in [9.17, 15) is 29.1 Å². The van der Waals surface area contributed by atoms with Gasteiger partial charge in [-0.3, -0.25) is 19.2 Å². The lowest BCUT2D eigenvalue weighted by Gasteiger charge is -2.26. The van der Waals surface area contributed by atoms with Crippen LogP contribution in [0.1, 0.15) is 58.9 Å². The first-order chi connectivity index (χ1) is 17.3. The number of carbonyl (C=O) groups is 5. The Morgan fingerprint density at radius 3 is 1.78 bits per heavy atom. The van der Waals surface area contributed by atoms with Crippen LogP contribution in [-0.2, 0) is 30.4 Å². The summed E-state index contributed by atoms with van der Waals surface area (Å²) in [5.41, 5.74) is 6.62. The van der Waals surface area contributed by atoms with E-state index in [0.717, 1.165) is 0 Å². The van der Waals surface area contributed by atoms with Crippen LogP contribution in [0.2, 0.25) is 0 Å². The van der Waals surface area contributed by atoms with Crippen molar-refractivity contribution in [3.8, 4) is 0 Å². The van der Waals surface area contributed by atoms with Gasteiger partial charge >= 0.3 is 11.9 Å². The number of hydrogen-bond donors (Lipinski definition) is 6. The molecule has 3 amide bonds. The van der Waals surface area contributed by atoms with Crippen LogP contribution in [0.3, 0.4) is 0 Å². The predicted octanol–water partition coefficient (Wildman–Crippen LogP) is 1.05. The molecule has 0 saturated heterocycles. The van der Waals surface area contributed by atoms with Crippen LogP contribution in [-0.4, -0.2) is 64.0 Å². The standard InChI is InChI=1S/C26H40N4O7/c1-15(2)12-18(27)23(33)29-20(13-16(3)4)25(35)28-19(10-11-22(31)32)24(34)30-21(26(36)37)14-17-8-6-5-7-9-17/h5-9,15-16,18-21H,10-14,27H2,1-4H3,(H,28,35)(H,29,33)(H,30,34)(H,31,32)(H,36,37)/t18-,19-,20-,21-/m0/s1. The molecule has 0 radical (unpaired) electrons. The van der Waals surface area contributed by atoms with Gasteiger partial charge in [-0.1, -0.05) is 58.0 Å². The van der Waals surface area contributed by atoms with Gasteiger partial charge in [-0.15, -0.1) is 0 Å². The van der Waals surface area contributed by atoms with Gasteiger partial charge in [0.15, 0.2) is 0 Å². The lowest BCUT2D eigenvalue weighted by Crippen LogP contribution is -2.57. The summed E-state index contributed by atoms with van der Waals surface area (Å²) in [6.07, 6.45) is -0.0230. The van der Waals surface area contributed by atoms with Crippen molar-refractivity contribution in [2.45, 2.75) is 84.0 Å². The number of carboxylic acid groups (broad SMARTS) is 2. The zero-order valence-electron chi connectivity index (χ0n) is 21.9. The summed E-state index contributed by atoms with van der Waals surface area (Å²) in [6.45, 7) is 7.55.